The van der Waals surface area contributed by atoms with Crippen molar-refractivity contribution in [3.8, 4) is 11.5 Å². The van der Waals surface area contributed by atoms with Crippen molar-refractivity contribution >= 4 is 26.8 Å². The third kappa shape index (κ3) is 11.1. The molecule has 0 spiro atoms. The fourth-order valence-corrected chi connectivity index (χ4v) is 6.91. The van der Waals surface area contributed by atoms with Crippen molar-refractivity contribution in [2.75, 3.05) is 5.32 Å². The molecule has 2 unspecified atom stereocenters. The minimum atomic E-state index is -5.04. The van der Waals surface area contributed by atoms with E-state index in [4.69, 9.17) is 0 Å². The SMILES string of the molecule is CCC(c1ccc(O)cc1)C(CC)c1ccc(O)c(NC(=O)CCCC(P(=O)(O)O)P(=O)(O)O)c1.[H-].[H-].[Na+].[Na+]. The van der Waals surface area contributed by atoms with Crippen molar-refractivity contribution in [3.63, 3.8) is 0 Å². The number of anilines is 1. The molecular weight excluding hydrogens is 542 g/mol. The van der Waals surface area contributed by atoms with Crippen LogP contribution in [0.1, 0.15) is 71.8 Å². The number of phenolic OH excluding ortho intramolecular Hbond substituents is 2. The smallest absolute Gasteiger partial charge is 1.00 e. The first-order chi connectivity index (χ1) is 16.3. The average Bonchev–Trinajstić information content (AvgIpc) is 2.75. The van der Waals surface area contributed by atoms with Crippen LogP contribution < -0.4 is 64.4 Å². The predicted molar refractivity (Wildman–Crippen MR) is 135 cm³/mol. The molecule has 0 heterocycles. The third-order valence-electron chi connectivity index (χ3n) is 6.05. The van der Waals surface area contributed by atoms with Crippen LogP contribution in [0.4, 0.5) is 5.69 Å². The molecule has 2 aromatic carbocycles. The first-order valence-electron chi connectivity index (χ1n) is 11.3. The van der Waals surface area contributed by atoms with E-state index < -0.39 is 32.9 Å². The second kappa shape index (κ2) is 16.2. The van der Waals surface area contributed by atoms with E-state index in [1.54, 1.807) is 24.3 Å². The molecule has 0 aliphatic carbocycles. The molecule has 14 heteroatoms. The zero-order valence-electron chi connectivity index (χ0n) is 23.6. The monoisotopic (exact) mass is 577 g/mol. The van der Waals surface area contributed by atoms with Crippen LogP contribution in [0.5, 0.6) is 11.5 Å². The van der Waals surface area contributed by atoms with E-state index >= 15 is 0 Å². The van der Waals surface area contributed by atoms with Crippen LogP contribution in [0.15, 0.2) is 42.5 Å². The Labute approximate surface area is 264 Å². The van der Waals surface area contributed by atoms with Gasteiger partial charge in [0.2, 0.25) is 5.91 Å². The number of hydrogen-bond acceptors (Lipinski definition) is 5. The number of benzene rings is 2. The molecule has 198 valence electrons. The topological polar surface area (TPSA) is 185 Å². The fraction of sp³-hybridized carbons (Fsp3) is 0.435. The predicted octanol–water partition coefficient (Wildman–Crippen LogP) is -1.19. The third-order valence-corrected chi connectivity index (χ3v) is 9.93. The average molecular weight is 577 g/mol. The Morgan fingerprint density at radius 1 is 0.865 bits per heavy atom. The Bertz CT molecular complexity index is 1100. The van der Waals surface area contributed by atoms with Gasteiger partial charge in [0, 0.05) is 6.42 Å². The number of hydrogen-bond donors (Lipinski definition) is 7. The van der Waals surface area contributed by atoms with Crippen molar-refractivity contribution in [1.29, 1.82) is 0 Å². The largest absolute Gasteiger partial charge is 1.00 e. The summed E-state index contributed by atoms with van der Waals surface area (Å²) in [5, 5.41) is 20.3. The van der Waals surface area contributed by atoms with Crippen LogP contribution in [0.25, 0.3) is 0 Å². The van der Waals surface area contributed by atoms with E-state index in [1.165, 1.54) is 6.07 Å². The molecule has 10 nitrogen and oxygen atoms in total. The fourth-order valence-electron chi connectivity index (χ4n) is 4.30. The summed E-state index contributed by atoms with van der Waals surface area (Å²) in [6, 6.07) is 12.0. The Balaban J connectivity index is -0.00000324. The summed E-state index contributed by atoms with van der Waals surface area (Å²) in [5.41, 5.74) is 2.12. The molecule has 2 atom stereocenters. The number of amides is 1. The number of carbonyl (C=O) groups excluding carboxylic acids is 1. The quantitative estimate of drug-likeness (QED) is 0.0926. The molecule has 0 fully saturated rings. The van der Waals surface area contributed by atoms with Crippen molar-refractivity contribution in [2.45, 2.75) is 63.2 Å². The van der Waals surface area contributed by atoms with Crippen LogP contribution in [-0.2, 0) is 13.9 Å². The Hall–Kier alpha value is -0.190. The normalized spacial score (nSPS) is 13.3. The summed E-state index contributed by atoms with van der Waals surface area (Å²) in [7, 11) is -10.1. The number of nitrogens with one attached hydrogen (secondary N) is 1. The van der Waals surface area contributed by atoms with Gasteiger partial charge in [0.15, 0.2) is 5.40 Å². The van der Waals surface area contributed by atoms with Gasteiger partial charge in [-0.05, 0) is 72.9 Å². The van der Waals surface area contributed by atoms with E-state index in [2.05, 4.69) is 12.2 Å². The Kier molecular flexibility index (Phi) is 16.1. The molecule has 0 aliphatic heterocycles. The molecule has 0 saturated heterocycles. The molecule has 37 heavy (non-hydrogen) atoms. The van der Waals surface area contributed by atoms with E-state index in [1.807, 2.05) is 19.1 Å². The molecule has 2 aromatic rings. The van der Waals surface area contributed by atoms with Crippen LogP contribution in [-0.4, -0.2) is 41.1 Å². The summed E-state index contributed by atoms with van der Waals surface area (Å²) < 4.78 is 22.7. The van der Waals surface area contributed by atoms with Crippen molar-refractivity contribution in [3.05, 3.63) is 53.6 Å². The van der Waals surface area contributed by atoms with E-state index in [-0.39, 0.29) is 104 Å². The standard InChI is InChI=1S/C23H33NO9P2.2Na.2H/c1-3-18(15-8-11-17(25)12-9-15)19(4-2)16-10-13-21(26)20(14-16)24-22(27)6-5-7-23(34(28,29)30)35(31,32)33;;;;/h8-14,18-19,23,25-26H,3-7H2,1-2H3,(H,24,27)(H2,28,29,30)(H2,31,32,33);;;;/q;2*+1;2*-1. The van der Waals surface area contributed by atoms with Gasteiger partial charge < -0.3 is 38.0 Å². The molecule has 0 radical (unpaired) electrons. The van der Waals surface area contributed by atoms with Gasteiger partial charge in [0.25, 0.3) is 0 Å². The zero-order chi connectivity index (χ0) is 26.4. The van der Waals surface area contributed by atoms with Crippen molar-refractivity contribution in [1.82, 2.24) is 0 Å². The van der Waals surface area contributed by atoms with Gasteiger partial charge in [-0.25, -0.2) is 0 Å². The molecule has 7 N–H and O–H groups in total. The van der Waals surface area contributed by atoms with Crippen LogP contribution >= 0.6 is 15.2 Å². The Morgan fingerprint density at radius 3 is 1.84 bits per heavy atom. The minimum absolute atomic E-state index is 0. The van der Waals surface area contributed by atoms with Gasteiger partial charge in [0.05, 0.1) is 5.69 Å². The van der Waals surface area contributed by atoms with Crippen LogP contribution in [0, 0.1) is 0 Å². The maximum absolute atomic E-state index is 12.4. The number of carbonyl (C=O) groups is 1. The van der Waals surface area contributed by atoms with Crippen molar-refractivity contribution < 1.29 is 106 Å². The van der Waals surface area contributed by atoms with Gasteiger partial charge in [-0.15, -0.1) is 0 Å². The zero-order valence-corrected chi connectivity index (χ0v) is 27.4. The van der Waals surface area contributed by atoms with Gasteiger partial charge in [0.1, 0.15) is 11.5 Å². The first-order valence-corrected chi connectivity index (χ1v) is 14.7. The maximum Gasteiger partial charge on any atom is 1.00 e. The molecular formula is C23H35NNa2O9P2. The molecule has 2 rings (SSSR count). The van der Waals surface area contributed by atoms with E-state index in [9.17, 15) is 43.7 Å². The van der Waals surface area contributed by atoms with E-state index in [0.717, 1.165) is 24.0 Å². The summed E-state index contributed by atoms with van der Waals surface area (Å²) in [4.78, 5) is 49.2. The second-order valence-electron chi connectivity index (χ2n) is 8.50. The molecule has 0 aliphatic rings. The first kappa shape index (κ1) is 36.8. The van der Waals surface area contributed by atoms with Gasteiger partial charge in [-0.3, -0.25) is 13.9 Å². The summed E-state index contributed by atoms with van der Waals surface area (Å²) in [6.07, 6.45) is 0.665. The Morgan fingerprint density at radius 2 is 1.35 bits per heavy atom. The summed E-state index contributed by atoms with van der Waals surface area (Å²) >= 11 is 0. The maximum atomic E-state index is 12.4. The summed E-state index contributed by atoms with van der Waals surface area (Å²) in [5.74, 6) is -0.345. The van der Waals surface area contributed by atoms with Crippen LogP contribution in [0.2, 0.25) is 0 Å². The molecule has 1 amide bonds. The van der Waals surface area contributed by atoms with E-state index in [0.29, 0.717) is 0 Å². The number of rotatable bonds is 12. The van der Waals surface area contributed by atoms with Crippen molar-refractivity contribution in [2.24, 2.45) is 0 Å². The molecule has 0 saturated carbocycles. The summed E-state index contributed by atoms with van der Waals surface area (Å²) in [6.45, 7) is 4.10. The van der Waals surface area contributed by atoms with Gasteiger partial charge >= 0.3 is 74.3 Å². The number of phenols is 2. The van der Waals surface area contributed by atoms with Crippen LogP contribution in [0.3, 0.4) is 0 Å². The second-order valence-corrected chi connectivity index (χ2v) is 12.5. The van der Waals surface area contributed by atoms with Gasteiger partial charge in [-0.2, -0.15) is 0 Å². The minimum Gasteiger partial charge on any atom is -1.00 e. The van der Waals surface area contributed by atoms with Gasteiger partial charge in [-0.1, -0.05) is 32.0 Å². The molecule has 0 aromatic heterocycles. The molecule has 0 bridgehead atoms. The number of aromatic hydroxyl groups is 2.